The van der Waals surface area contributed by atoms with Crippen LogP contribution in [0.3, 0.4) is 0 Å². The van der Waals surface area contributed by atoms with Gasteiger partial charge >= 0.3 is 0 Å². The van der Waals surface area contributed by atoms with Crippen molar-refractivity contribution in [1.29, 1.82) is 0 Å². The summed E-state index contributed by atoms with van der Waals surface area (Å²) in [5.41, 5.74) is 6.87. The van der Waals surface area contributed by atoms with Crippen LogP contribution >= 0.6 is 0 Å². The molecule has 0 bridgehead atoms. The van der Waals surface area contributed by atoms with Crippen LogP contribution in [-0.4, -0.2) is 63.1 Å². The van der Waals surface area contributed by atoms with Gasteiger partial charge in [0.15, 0.2) is 5.65 Å². The minimum Gasteiger partial charge on any atom is -0.308 e. The second-order valence-electron chi connectivity index (χ2n) is 10.8. The summed E-state index contributed by atoms with van der Waals surface area (Å²) in [6, 6.07) is 11.9. The molecule has 2 aliphatic heterocycles. The predicted octanol–water partition coefficient (Wildman–Crippen LogP) is 6.01. The summed E-state index contributed by atoms with van der Waals surface area (Å²) in [6.07, 6.45) is 13.6. The van der Waals surface area contributed by atoms with Gasteiger partial charge in [-0.25, -0.2) is 9.97 Å². The molecule has 5 heteroatoms. The molecule has 1 aromatic carbocycles. The Labute approximate surface area is 217 Å². The number of nitrogens with zero attached hydrogens (tertiary/aromatic N) is 5. The number of imidazole rings is 1. The third-order valence-corrected chi connectivity index (χ3v) is 8.12. The number of aromatic nitrogens is 3. The van der Waals surface area contributed by atoms with Crippen molar-refractivity contribution in [3.63, 3.8) is 0 Å². The summed E-state index contributed by atoms with van der Waals surface area (Å²) in [7, 11) is 0. The average Bonchev–Trinajstić information content (AvgIpc) is 3.26. The van der Waals surface area contributed by atoms with Gasteiger partial charge in [-0.15, -0.1) is 0 Å². The molecule has 2 aromatic heterocycles. The van der Waals surface area contributed by atoms with Gasteiger partial charge in [-0.05, 0) is 94.9 Å². The fourth-order valence-corrected chi connectivity index (χ4v) is 6.07. The second kappa shape index (κ2) is 11.7. The summed E-state index contributed by atoms with van der Waals surface area (Å²) in [5, 5.41) is 0. The Morgan fingerprint density at radius 2 is 1.69 bits per heavy atom. The molecule has 5 rings (SSSR count). The standard InChI is InChI=1S/C31H43N5/c1-4-29-33-30-24(2)22-25(3)32-31(30)36(29)23-27-13-11-26(12-14-27)10-6-9-17-34-20-15-28(16-21-34)35-18-7-5-8-19-35/h6,10-14,22,28H,4-5,7-9,15-21,23H2,1-3H3/b10-6+. The first-order valence-electron chi connectivity index (χ1n) is 14.2. The van der Waals surface area contributed by atoms with Crippen molar-refractivity contribution in [1.82, 2.24) is 24.3 Å². The van der Waals surface area contributed by atoms with Gasteiger partial charge in [0.25, 0.3) is 0 Å². The van der Waals surface area contributed by atoms with E-state index >= 15 is 0 Å². The van der Waals surface area contributed by atoms with Crippen LogP contribution in [0.2, 0.25) is 0 Å². The first-order valence-corrected chi connectivity index (χ1v) is 14.2. The lowest BCUT2D eigenvalue weighted by Crippen LogP contribution is -2.46. The van der Waals surface area contributed by atoms with Crippen molar-refractivity contribution < 1.29 is 0 Å². The van der Waals surface area contributed by atoms with Crippen LogP contribution < -0.4 is 0 Å². The fraction of sp³-hybridized carbons (Fsp3) is 0.548. The quantitative estimate of drug-likeness (QED) is 0.391. The minimum atomic E-state index is 0.812. The van der Waals surface area contributed by atoms with Crippen LogP contribution in [0.1, 0.15) is 73.7 Å². The molecule has 2 saturated heterocycles. The molecular weight excluding hydrogens is 442 g/mol. The van der Waals surface area contributed by atoms with E-state index in [1.807, 2.05) is 0 Å². The fourth-order valence-electron chi connectivity index (χ4n) is 6.07. The molecule has 192 valence electrons. The molecule has 3 aromatic rings. The second-order valence-corrected chi connectivity index (χ2v) is 10.8. The van der Waals surface area contributed by atoms with Gasteiger partial charge in [0.05, 0.1) is 6.54 Å². The van der Waals surface area contributed by atoms with Crippen molar-refractivity contribution in [2.75, 3.05) is 32.7 Å². The molecule has 2 aliphatic rings. The highest BCUT2D eigenvalue weighted by Gasteiger charge is 2.25. The Hall–Kier alpha value is -2.50. The van der Waals surface area contributed by atoms with Crippen LogP contribution in [0.25, 0.3) is 17.2 Å². The topological polar surface area (TPSA) is 37.2 Å². The molecule has 0 atom stereocenters. The molecule has 4 heterocycles. The maximum atomic E-state index is 4.88. The number of aryl methyl sites for hydroxylation is 3. The van der Waals surface area contributed by atoms with Crippen molar-refractivity contribution in [2.24, 2.45) is 0 Å². The number of likely N-dealkylation sites (tertiary alicyclic amines) is 2. The first-order chi connectivity index (χ1) is 17.6. The predicted molar refractivity (Wildman–Crippen MR) is 150 cm³/mol. The van der Waals surface area contributed by atoms with E-state index in [4.69, 9.17) is 9.97 Å². The molecule has 5 nitrogen and oxygen atoms in total. The van der Waals surface area contributed by atoms with Crippen molar-refractivity contribution >= 4 is 17.2 Å². The molecule has 0 unspecified atom stereocenters. The van der Waals surface area contributed by atoms with Crippen LogP contribution in [0, 0.1) is 13.8 Å². The molecule has 0 amide bonds. The zero-order chi connectivity index (χ0) is 24.9. The number of hydrogen-bond acceptors (Lipinski definition) is 4. The molecule has 0 spiro atoms. The van der Waals surface area contributed by atoms with E-state index in [0.717, 1.165) is 48.1 Å². The van der Waals surface area contributed by atoms with E-state index in [-0.39, 0.29) is 0 Å². The van der Waals surface area contributed by atoms with E-state index in [9.17, 15) is 0 Å². The molecule has 36 heavy (non-hydrogen) atoms. The summed E-state index contributed by atoms with van der Waals surface area (Å²) in [4.78, 5) is 15.1. The van der Waals surface area contributed by atoms with Gasteiger partial charge in [-0.1, -0.05) is 49.8 Å². The number of piperidine rings is 2. The molecule has 0 radical (unpaired) electrons. The Bertz CT molecular complexity index is 1160. The number of rotatable bonds is 8. The normalized spacial score (nSPS) is 18.5. The van der Waals surface area contributed by atoms with Gasteiger partial charge in [-0.3, -0.25) is 0 Å². The van der Waals surface area contributed by atoms with E-state index < -0.39 is 0 Å². The number of benzene rings is 1. The number of hydrogen-bond donors (Lipinski definition) is 0. The lowest BCUT2D eigenvalue weighted by Gasteiger charge is -2.40. The zero-order valence-corrected chi connectivity index (χ0v) is 22.5. The van der Waals surface area contributed by atoms with Crippen LogP contribution in [0.15, 0.2) is 36.4 Å². The van der Waals surface area contributed by atoms with Gasteiger partial charge in [-0.2, -0.15) is 0 Å². The Morgan fingerprint density at radius 1 is 0.944 bits per heavy atom. The van der Waals surface area contributed by atoms with Crippen LogP contribution in [0.5, 0.6) is 0 Å². The van der Waals surface area contributed by atoms with Crippen molar-refractivity contribution in [3.05, 3.63) is 64.6 Å². The maximum absolute atomic E-state index is 4.88. The third-order valence-electron chi connectivity index (χ3n) is 8.12. The highest BCUT2D eigenvalue weighted by molar-refractivity contribution is 5.76. The average molecular weight is 486 g/mol. The smallest absolute Gasteiger partial charge is 0.160 e. The molecule has 2 fully saturated rings. The lowest BCUT2D eigenvalue weighted by molar-refractivity contribution is 0.0934. The van der Waals surface area contributed by atoms with Gasteiger partial charge in [0.1, 0.15) is 11.3 Å². The molecule has 0 aliphatic carbocycles. The van der Waals surface area contributed by atoms with Crippen molar-refractivity contribution in [2.45, 2.75) is 78.3 Å². The zero-order valence-electron chi connectivity index (χ0n) is 22.5. The van der Waals surface area contributed by atoms with E-state index in [2.05, 4.69) is 77.6 Å². The Morgan fingerprint density at radius 3 is 2.42 bits per heavy atom. The minimum absolute atomic E-state index is 0.812. The Kier molecular flexibility index (Phi) is 8.18. The maximum Gasteiger partial charge on any atom is 0.160 e. The van der Waals surface area contributed by atoms with E-state index in [1.165, 1.54) is 81.5 Å². The first kappa shape index (κ1) is 25.2. The highest BCUT2D eigenvalue weighted by atomic mass is 15.2. The highest BCUT2D eigenvalue weighted by Crippen LogP contribution is 2.22. The van der Waals surface area contributed by atoms with Crippen molar-refractivity contribution in [3.8, 4) is 0 Å². The SMILES string of the molecule is CCc1nc2c(C)cc(C)nc2n1Cc1ccc(/C=C/CCN2CCC(N3CCCCC3)CC2)cc1. The number of fused-ring (bicyclic) bond motifs is 1. The van der Waals surface area contributed by atoms with E-state index in [0.29, 0.717) is 0 Å². The van der Waals surface area contributed by atoms with Crippen LogP contribution in [0.4, 0.5) is 0 Å². The lowest BCUT2D eigenvalue weighted by atomic mass is 10.00. The summed E-state index contributed by atoms with van der Waals surface area (Å²) >= 11 is 0. The third kappa shape index (κ3) is 5.90. The molecular formula is C31H43N5. The summed E-state index contributed by atoms with van der Waals surface area (Å²) < 4.78 is 2.29. The molecule has 0 saturated carbocycles. The van der Waals surface area contributed by atoms with Gasteiger partial charge in [0.2, 0.25) is 0 Å². The summed E-state index contributed by atoms with van der Waals surface area (Å²) in [5.74, 6) is 1.11. The van der Waals surface area contributed by atoms with Gasteiger partial charge in [0, 0.05) is 24.7 Å². The van der Waals surface area contributed by atoms with Gasteiger partial charge < -0.3 is 14.4 Å². The van der Waals surface area contributed by atoms with Crippen LogP contribution in [-0.2, 0) is 13.0 Å². The monoisotopic (exact) mass is 485 g/mol. The Balaban J connectivity index is 1.12. The summed E-state index contributed by atoms with van der Waals surface area (Å²) in [6.45, 7) is 13.6. The largest absolute Gasteiger partial charge is 0.308 e. The number of pyridine rings is 1. The van der Waals surface area contributed by atoms with E-state index in [1.54, 1.807) is 0 Å². The molecule has 0 N–H and O–H groups in total.